The van der Waals surface area contributed by atoms with E-state index in [2.05, 4.69) is 20.2 Å². The monoisotopic (exact) mass is 293 g/mol. The van der Waals surface area contributed by atoms with Gasteiger partial charge in [0, 0.05) is 6.42 Å². The first-order chi connectivity index (χ1) is 9.53. The first-order valence-corrected chi connectivity index (χ1v) is 6.69. The molecule has 20 heavy (non-hydrogen) atoms. The summed E-state index contributed by atoms with van der Waals surface area (Å²) in [6, 6.07) is 0. The maximum absolute atomic E-state index is 11.9. The second kappa shape index (κ2) is 7.03. The van der Waals surface area contributed by atoms with Gasteiger partial charge in [0.1, 0.15) is 13.2 Å². The molecule has 0 spiro atoms. The highest BCUT2D eigenvalue weighted by Gasteiger charge is 2.27. The molecule has 0 radical (unpaired) electrons. The first-order valence-electron chi connectivity index (χ1n) is 6.69. The van der Waals surface area contributed by atoms with E-state index < -0.39 is 12.8 Å². The number of hydrogen-bond donors (Lipinski definition) is 1. The molecule has 0 bridgehead atoms. The third-order valence-electron chi connectivity index (χ3n) is 3.17. The van der Waals surface area contributed by atoms with Crippen LogP contribution in [-0.4, -0.2) is 36.0 Å². The Morgan fingerprint density at radius 3 is 2.95 bits per heavy atom. The second-order valence-corrected chi connectivity index (χ2v) is 4.96. The number of halogens is 3. The molecular formula is C12H18F3N3O2. The van der Waals surface area contributed by atoms with Crippen molar-refractivity contribution in [2.24, 2.45) is 5.92 Å². The fourth-order valence-electron chi connectivity index (χ4n) is 2.21. The number of piperidine rings is 1. The largest absolute Gasteiger partial charge is 0.411 e. The topological polar surface area (TPSA) is 60.2 Å². The molecule has 1 unspecified atom stereocenters. The van der Waals surface area contributed by atoms with E-state index in [1.54, 1.807) is 0 Å². The lowest BCUT2D eigenvalue weighted by atomic mass is 9.95. The molecule has 1 N–H and O–H groups in total. The Hall–Kier alpha value is -1.15. The van der Waals surface area contributed by atoms with Crippen LogP contribution in [0.15, 0.2) is 4.52 Å². The molecule has 2 heterocycles. The lowest BCUT2D eigenvalue weighted by Gasteiger charge is -2.21. The van der Waals surface area contributed by atoms with Crippen LogP contribution in [-0.2, 0) is 17.8 Å². The number of aromatic nitrogens is 2. The fraction of sp³-hybridized carbons (Fsp3) is 0.833. The fourth-order valence-corrected chi connectivity index (χ4v) is 2.21. The van der Waals surface area contributed by atoms with Crippen LogP contribution in [0.2, 0.25) is 0 Å². The molecule has 0 amide bonds. The Bertz CT molecular complexity index is 403. The average molecular weight is 293 g/mol. The van der Waals surface area contributed by atoms with E-state index in [1.165, 1.54) is 12.8 Å². The molecule has 1 aromatic rings. The van der Waals surface area contributed by atoms with Gasteiger partial charge >= 0.3 is 6.18 Å². The van der Waals surface area contributed by atoms with Crippen LogP contribution in [0.5, 0.6) is 0 Å². The number of nitrogens with zero attached hydrogens (tertiary/aromatic N) is 2. The Kier molecular flexibility index (Phi) is 5.36. The summed E-state index contributed by atoms with van der Waals surface area (Å²) in [6.45, 7) is 0.478. The van der Waals surface area contributed by atoms with Gasteiger partial charge in [-0.3, -0.25) is 0 Å². The number of ether oxygens (including phenoxy) is 1. The minimum absolute atomic E-state index is 0.158. The molecule has 8 heteroatoms. The Morgan fingerprint density at radius 2 is 2.25 bits per heavy atom. The second-order valence-electron chi connectivity index (χ2n) is 4.96. The molecule has 0 aromatic carbocycles. The van der Waals surface area contributed by atoms with E-state index in [4.69, 9.17) is 4.52 Å². The van der Waals surface area contributed by atoms with Gasteiger partial charge in [0.2, 0.25) is 5.89 Å². The van der Waals surface area contributed by atoms with E-state index in [0.717, 1.165) is 19.5 Å². The number of hydrogen-bond acceptors (Lipinski definition) is 5. The van der Waals surface area contributed by atoms with Crippen molar-refractivity contribution in [1.29, 1.82) is 0 Å². The van der Waals surface area contributed by atoms with Crippen molar-refractivity contribution in [3.05, 3.63) is 11.7 Å². The van der Waals surface area contributed by atoms with E-state index in [1.807, 2.05) is 0 Å². The third kappa shape index (κ3) is 5.46. The number of aryl methyl sites for hydroxylation is 1. The maximum atomic E-state index is 11.9. The van der Waals surface area contributed by atoms with Gasteiger partial charge in [0.15, 0.2) is 5.82 Å². The van der Waals surface area contributed by atoms with Crippen LogP contribution in [0.3, 0.4) is 0 Å². The number of nitrogens with one attached hydrogen (secondary N) is 1. The first kappa shape index (κ1) is 15.2. The van der Waals surface area contributed by atoms with Crippen molar-refractivity contribution in [1.82, 2.24) is 15.5 Å². The molecule has 1 aliphatic rings. The van der Waals surface area contributed by atoms with Gasteiger partial charge in [-0.1, -0.05) is 5.16 Å². The predicted molar refractivity (Wildman–Crippen MR) is 63.9 cm³/mol. The van der Waals surface area contributed by atoms with Gasteiger partial charge in [-0.2, -0.15) is 18.2 Å². The summed E-state index contributed by atoms with van der Waals surface area (Å²) in [4.78, 5) is 4.02. The van der Waals surface area contributed by atoms with Gasteiger partial charge in [-0.25, -0.2) is 0 Å². The minimum atomic E-state index is -4.33. The van der Waals surface area contributed by atoms with Crippen LogP contribution in [0.4, 0.5) is 13.2 Å². The summed E-state index contributed by atoms with van der Waals surface area (Å²) < 4.78 is 45.2. The lowest BCUT2D eigenvalue weighted by molar-refractivity contribution is -0.177. The highest BCUT2D eigenvalue weighted by Crippen LogP contribution is 2.17. The molecule has 1 fully saturated rings. The minimum Gasteiger partial charge on any atom is -0.364 e. The van der Waals surface area contributed by atoms with Crippen molar-refractivity contribution < 1.29 is 22.4 Å². The Morgan fingerprint density at radius 1 is 1.40 bits per heavy atom. The van der Waals surface area contributed by atoms with Gasteiger partial charge in [-0.15, -0.1) is 0 Å². The molecule has 0 saturated carbocycles. The molecule has 1 aromatic heterocycles. The molecule has 2 rings (SSSR count). The van der Waals surface area contributed by atoms with Gasteiger partial charge in [-0.05, 0) is 38.3 Å². The zero-order valence-electron chi connectivity index (χ0n) is 11.1. The normalized spacial score (nSPS) is 20.2. The summed E-state index contributed by atoms with van der Waals surface area (Å²) in [5.74, 6) is 1.22. The summed E-state index contributed by atoms with van der Waals surface area (Å²) in [7, 11) is 0. The van der Waals surface area contributed by atoms with E-state index in [-0.39, 0.29) is 12.4 Å². The molecule has 1 atom stereocenters. The molecule has 5 nitrogen and oxygen atoms in total. The quantitative estimate of drug-likeness (QED) is 0.870. The third-order valence-corrected chi connectivity index (χ3v) is 3.17. The van der Waals surface area contributed by atoms with Crippen LogP contribution < -0.4 is 5.32 Å². The average Bonchev–Trinajstić information content (AvgIpc) is 2.84. The zero-order valence-corrected chi connectivity index (χ0v) is 11.1. The predicted octanol–water partition coefficient (Wildman–Crippen LogP) is 2.08. The van der Waals surface area contributed by atoms with Crippen molar-refractivity contribution in [2.75, 3.05) is 19.7 Å². The van der Waals surface area contributed by atoms with Gasteiger partial charge < -0.3 is 14.6 Å². The standard InChI is InChI=1S/C12H18F3N3O2/c13-12(14,15)8-19-7-10-17-11(20-18-10)4-3-9-2-1-5-16-6-9/h9,16H,1-8H2. The molecule has 1 aliphatic heterocycles. The van der Waals surface area contributed by atoms with Crippen molar-refractivity contribution in [2.45, 2.75) is 38.5 Å². The molecule has 1 saturated heterocycles. The highest BCUT2D eigenvalue weighted by molar-refractivity contribution is 4.86. The van der Waals surface area contributed by atoms with Gasteiger partial charge in [0.25, 0.3) is 0 Å². The summed E-state index contributed by atoms with van der Waals surface area (Å²) in [6.07, 6.45) is -0.384. The number of alkyl halides is 3. The smallest absolute Gasteiger partial charge is 0.364 e. The van der Waals surface area contributed by atoms with Crippen molar-refractivity contribution in [3.8, 4) is 0 Å². The van der Waals surface area contributed by atoms with Crippen molar-refractivity contribution in [3.63, 3.8) is 0 Å². The molecule has 114 valence electrons. The number of rotatable bonds is 6. The van der Waals surface area contributed by atoms with E-state index >= 15 is 0 Å². The summed E-state index contributed by atoms with van der Waals surface area (Å²) >= 11 is 0. The molecule has 0 aliphatic carbocycles. The molecular weight excluding hydrogens is 275 g/mol. The van der Waals surface area contributed by atoms with Crippen LogP contribution in [0.1, 0.15) is 31.0 Å². The van der Waals surface area contributed by atoms with Crippen LogP contribution >= 0.6 is 0 Å². The SMILES string of the molecule is FC(F)(F)COCc1noc(CCC2CCCNC2)n1. The summed E-state index contributed by atoms with van der Waals surface area (Å²) in [5, 5.41) is 6.93. The zero-order chi connectivity index (χ0) is 14.4. The Labute approximate surface area is 114 Å². The van der Waals surface area contributed by atoms with Gasteiger partial charge in [0.05, 0.1) is 0 Å². The van der Waals surface area contributed by atoms with Crippen LogP contribution in [0, 0.1) is 5.92 Å². The maximum Gasteiger partial charge on any atom is 0.411 e. The van der Waals surface area contributed by atoms with Crippen LogP contribution in [0.25, 0.3) is 0 Å². The van der Waals surface area contributed by atoms with E-state index in [0.29, 0.717) is 18.2 Å². The van der Waals surface area contributed by atoms with E-state index in [9.17, 15) is 13.2 Å². The Balaban J connectivity index is 1.69. The summed E-state index contributed by atoms with van der Waals surface area (Å²) in [5.41, 5.74) is 0. The highest BCUT2D eigenvalue weighted by atomic mass is 19.4. The van der Waals surface area contributed by atoms with Crippen molar-refractivity contribution >= 4 is 0 Å². The lowest BCUT2D eigenvalue weighted by Crippen LogP contribution is -2.29.